The predicted molar refractivity (Wildman–Crippen MR) is 96.8 cm³/mol. The minimum absolute atomic E-state index is 0.0679. The van der Waals surface area contributed by atoms with Crippen molar-refractivity contribution in [2.45, 2.75) is 13.8 Å². The van der Waals surface area contributed by atoms with Crippen molar-refractivity contribution in [3.63, 3.8) is 0 Å². The van der Waals surface area contributed by atoms with Crippen molar-refractivity contribution in [3.05, 3.63) is 69.7 Å². The number of amides is 1. The van der Waals surface area contributed by atoms with Gasteiger partial charge in [-0.15, -0.1) is 0 Å². The topological polar surface area (TPSA) is 50.4 Å². The van der Waals surface area contributed by atoms with Gasteiger partial charge < -0.3 is 5.32 Å². The van der Waals surface area contributed by atoms with E-state index in [9.17, 15) is 13.6 Å². The van der Waals surface area contributed by atoms with Crippen molar-refractivity contribution < 1.29 is 18.4 Å². The molecule has 0 bridgehead atoms. The number of anilines is 2. The number of aryl methyl sites for hydroxylation is 1. The molecular weight excluding hydrogens is 394 g/mol. The highest BCUT2D eigenvalue weighted by Gasteiger charge is 2.19. The standard InChI is InChI=1S/C18H17BrF2N2O2/c1-3-4-9-25-23-18(24)13-6-7-14(20)16(21)17(13)22-15-8-5-12(19)10-11(15)2/h3-8,10,22H,9H2,1-2H3,(H,23,24). The summed E-state index contributed by atoms with van der Waals surface area (Å²) in [6.07, 6.45) is 3.45. The van der Waals surface area contributed by atoms with Gasteiger partial charge in [-0.25, -0.2) is 14.3 Å². The van der Waals surface area contributed by atoms with Crippen LogP contribution >= 0.6 is 15.9 Å². The van der Waals surface area contributed by atoms with E-state index in [1.807, 2.05) is 19.9 Å². The normalized spacial score (nSPS) is 10.9. The van der Waals surface area contributed by atoms with Crippen molar-refractivity contribution in [2.75, 3.05) is 11.9 Å². The van der Waals surface area contributed by atoms with Gasteiger partial charge in [-0.2, -0.15) is 0 Å². The molecule has 0 aliphatic carbocycles. The number of benzene rings is 2. The fourth-order valence-corrected chi connectivity index (χ4v) is 2.55. The molecule has 0 radical (unpaired) electrons. The Bertz CT molecular complexity index is 810. The van der Waals surface area contributed by atoms with Gasteiger partial charge >= 0.3 is 0 Å². The third kappa shape index (κ3) is 4.87. The summed E-state index contributed by atoms with van der Waals surface area (Å²) in [5.74, 6) is -2.87. The van der Waals surface area contributed by atoms with Crippen molar-refractivity contribution >= 4 is 33.2 Å². The second-order valence-corrected chi connectivity index (χ2v) is 6.10. The van der Waals surface area contributed by atoms with Crippen molar-refractivity contribution in [1.82, 2.24) is 5.48 Å². The number of hydrogen-bond acceptors (Lipinski definition) is 3. The molecule has 132 valence electrons. The molecule has 0 saturated heterocycles. The van der Waals surface area contributed by atoms with Crippen LogP contribution in [0.25, 0.3) is 0 Å². The molecule has 4 nitrogen and oxygen atoms in total. The first-order chi connectivity index (χ1) is 11.9. The third-order valence-electron chi connectivity index (χ3n) is 3.37. The lowest BCUT2D eigenvalue weighted by Gasteiger charge is -2.15. The van der Waals surface area contributed by atoms with Crippen LogP contribution in [0.2, 0.25) is 0 Å². The lowest BCUT2D eigenvalue weighted by Crippen LogP contribution is -2.25. The third-order valence-corrected chi connectivity index (χ3v) is 3.86. The number of hydrogen-bond donors (Lipinski definition) is 2. The van der Waals surface area contributed by atoms with Crippen LogP contribution in [0, 0.1) is 18.6 Å². The Morgan fingerprint density at radius 1 is 1.28 bits per heavy atom. The summed E-state index contributed by atoms with van der Waals surface area (Å²) in [5, 5.41) is 2.79. The molecule has 2 rings (SSSR count). The summed E-state index contributed by atoms with van der Waals surface area (Å²) in [6, 6.07) is 7.37. The van der Waals surface area contributed by atoms with E-state index in [1.165, 1.54) is 6.07 Å². The number of rotatable bonds is 6. The van der Waals surface area contributed by atoms with Crippen molar-refractivity contribution in [2.24, 2.45) is 0 Å². The van der Waals surface area contributed by atoms with Crippen LogP contribution in [-0.2, 0) is 4.84 Å². The summed E-state index contributed by atoms with van der Waals surface area (Å²) in [7, 11) is 0. The lowest BCUT2D eigenvalue weighted by atomic mass is 10.1. The number of halogens is 3. The molecule has 25 heavy (non-hydrogen) atoms. The van der Waals surface area contributed by atoms with Crippen molar-refractivity contribution in [1.29, 1.82) is 0 Å². The molecule has 0 atom stereocenters. The molecule has 2 aromatic rings. The maximum Gasteiger partial charge on any atom is 0.277 e. The number of hydroxylamine groups is 1. The second kappa shape index (κ2) is 8.73. The van der Waals surface area contributed by atoms with Crippen LogP contribution in [0.15, 0.2) is 47.0 Å². The molecule has 0 spiro atoms. The SMILES string of the molecule is CC=CCONC(=O)c1ccc(F)c(F)c1Nc1ccc(Br)cc1C. The Balaban J connectivity index is 2.32. The Labute approximate surface area is 153 Å². The van der Waals surface area contributed by atoms with E-state index in [-0.39, 0.29) is 17.9 Å². The maximum absolute atomic E-state index is 14.3. The van der Waals surface area contributed by atoms with E-state index in [0.29, 0.717) is 5.69 Å². The molecule has 2 N–H and O–H groups in total. The van der Waals surface area contributed by atoms with Gasteiger partial charge in [0.05, 0.1) is 17.9 Å². The first-order valence-electron chi connectivity index (χ1n) is 7.48. The smallest absolute Gasteiger partial charge is 0.277 e. The molecule has 0 heterocycles. The highest BCUT2D eigenvalue weighted by atomic mass is 79.9. The molecule has 0 aromatic heterocycles. The Kier molecular flexibility index (Phi) is 6.66. The van der Waals surface area contributed by atoms with Crippen LogP contribution in [0.1, 0.15) is 22.8 Å². The van der Waals surface area contributed by atoms with E-state index < -0.39 is 17.5 Å². The average molecular weight is 411 g/mol. The summed E-state index contributed by atoms with van der Waals surface area (Å²) in [5.41, 5.74) is 3.24. The molecule has 0 saturated carbocycles. The zero-order valence-corrected chi connectivity index (χ0v) is 15.3. The number of carbonyl (C=O) groups excluding carboxylic acids is 1. The van der Waals surface area contributed by atoms with Gasteiger partial charge in [-0.3, -0.25) is 9.63 Å². The van der Waals surface area contributed by atoms with E-state index in [1.54, 1.807) is 24.3 Å². The van der Waals surface area contributed by atoms with Crippen LogP contribution in [0.4, 0.5) is 20.2 Å². The molecule has 0 aliphatic heterocycles. The highest BCUT2D eigenvalue weighted by Crippen LogP contribution is 2.29. The lowest BCUT2D eigenvalue weighted by molar-refractivity contribution is 0.0421. The molecule has 0 aliphatic rings. The van der Waals surface area contributed by atoms with Crippen LogP contribution in [0.5, 0.6) is 0 Å². The monoisotopic (exact) mass is 410 g/mol. The van der Waals surface area contributed by atoms with Gasteiger partial charge in [0, 0.05) is 10.2 Å². The largest absolute Gasteiger partial charge is 0.352 e. The van der Waals surface area contributed by atoms with Gasteiger partial charge in [0.1, 0.15) is 0 Å². The highest BCUT2D eigenvalue weighted by molar-refractivity contribution is 9.10. The zero-order valence-electron chi connectivity index (χ0n) is 13.7. The van der Waals surface area contributed by atoms with E-state index in [0.717, 1.165) is 16.1 Å². The quantitative estimate of drug-likeness (QED) is 0.399. The minimum atomic E-state index is -1.14. The van der Waals surface area contributed by atoms with Gasteiger partial charge in [-0.05, 0) is 49.7 Å². The predicted octanol–water partition coefficient (Wildman–Crippen LogP) is 5.02. The van der Waals surface area contributed by atoms with Gasteiger partial charge in [0.25, 0.3) is 5.91 Å². The average Bonchev–Trinajstić information content (AvgIpc) is 2.58. The Morgan fingerprint density at radius 2 is 2.04 bits per heavy atom. The minimum Gasteiger partial charge on any atom is -0.352 e. The second-order valence-electron chi connectivity index (χ2n) is 5.18. The fourth-order valence-electron chi connectivity index (χ4n) is 2.07. The molecule has 0 unspecified atom stereocenters. The van der Waals surface area contributed by atoms with Crippen LogP contribution in [-0.4, -0.2) is 12.5 Å². The first kappa shape index (κ1) is 19.1. The molecule has 2 aromatic carbocycles. The first-order valence-corrected chi connectivity index (χ1v) is 8.27. The number of carbonyl (C=O) groups is 1. The zero-order chi connectivity index (χ0) is 18.4. The van der Waals surface area contributed by atoms with Gasteiger partial charge in [-0.1, -0.05) is 28.1 Å². The van der Waals surface area contributed by atoms with Crippen molar-refractivity contribution in [3.8, 4) is 0 Å². The van der Waals surface area contributed by atoms with Crippen LogP contribution in [0.3, 0.4) is 0 Å². The van der Waals surface area contributed by atoms with Crippen LogP contribution < -0.4 is 10.8 Å². The van der Waals surface area contributed by atoms with E-state index >= 15 is 0 Å². The summed E-state index contributed by atoms with van der Waals surface area (Å²) in [6.45, 7) is 3.79. The summed E-state index contributed by atoms with van der Waals surface area (Å²) in [4.78, 5) is 17.2. The Hall–Kier alpha value is -2.25. The van der Waals surface area contributed by atoms with E-state index in [2.05, 4.69) is 26.7 Å². The Morgan fingerprint density at radius 3 is 2.72 bits per heavy atom. The van der Waals surface area contributed by atoms with Gasteiger partial charge in [0.2, 0.25) is 0 Å². The van der Waals surface area contributed by atoms with E-state index in [4.69, 9.17) is 4.84 Å². The molecule has 1 amide bonds. The maximum atomic E-state index is 14.3. The summed E-state index contributed by atoms with van der Waals surface area (Å²) < 4.78 is 28.8. The molecular formula is C18H17BrF2N2O2. The fraction of sp³-hybridized carbons (Fsp3) is 0.167. The van der Waals surface area contributed by atoms with Gasteiger partial charge in [0.15, 0.2) is 11.6 Å². The summed E-state index contributed by atoms with van der Waals surface area (Å²) >= 11 is 3.34. The number of nitrogens with one attached hydrogen (secondary N) is 2. The molecule has 0 fully saturated rings. The molecule has 7 heteroatoms. The number of allylic oxidation sites excluding steroid dienone is 1.